The second-order valence-electron chi connectivity index (χ2n) is 6.39. The third-order valence-corrected chi connectivity index (χ3v) is 4.78. The van der Waals surface area contributed by atoms with Crippen LogP contribution in [0, 0.1) is 11.6 Å². The molecule has 4 rings (SSSR count). The van der Waals surface area contributed by atoms with Gasteiger partial charge in [0.25, 0.3) is 0 Å². The first-order valence-corrected chi connectivity index (χ1v) is 8.68. The molecule has 1 aliphatic heterocycles. The number of aromatic nitrogens is 2. The van der Waals surface area contributed by atoms with Crippen molar-refractivity contribution in [3.8, 4) is 11.4 Å². The lowest BCUT2D eigenvalue weighted by Gasteiger charge is -2.15. The van der Waals surface area contributed by atoms with Crippen LogP contribution in [0.15, 0.2) is 47.0 Å². The molecule has 0 radical (unpaired) electrons. The molecule has 1 saturated heterocycles. The number of hydrogen-bond acceptors (Lipinski definition) is 4. The van der Waals surface area contributed by atoms with Crippen molar-refractivity contribution in [3.63, 3.8) is 0 Å². The normalized spacial score (nSPS) is 16.9. The summed E-state index contributed by atoms with van der Waals surface area (Å²) in [7, 11) is 0. The lowest BCUT2D eigenvalue weighted by atomic mass is 10.1. The molecule has 1 amide bonds. The first kappa shape index (κ1) is 17.6. The van der Waals surface area contributed by atoms with E-state index in [1.54, 1.807) is 23.1 Å². The summed E-state index contributed by atoms with van der Waals surface area (Å²) in [6, 6.07) is 10.3. The fraction of sp³-hybridized carbons (Fsp3) is 0.211. The first-order chi connectivity index (χ1) is 13.0. The Hall–Kier alpha value is -2.80. The molecule has 0 aliphatic carbocycles. The van der Waals surface area contributed by atoms with E-state index in [-0.39, 0.29) is 34.9 Å². The van der Waals surface area contributed by atoms with Crippen LogP contribution in [0.2, 0.25) is 5.02 Å². The van der Waals surface area contributed by atoms with E-state index in [0.29, 0.717) is 24.5 Å². The third kappa shape index (κ3) is 3.68. The molecule has 0 spiro atoms. The van der Waals surface area contributed by atoms with Gasteiger partial charge in [-0.2, -0.15) is 4.98 Å². The van der Waals surface area contributed by atoms with Gasteiger partial charge in [0.1, 0.15) is 11.6 Å². The van der Waals surface area contributed by atoms with Crippen LogP contribution in [0.3, 0.4) is 0 Å². The van der Waals surface area contributed by atoms with Gasteiger partial charge in [0.05, 0.1) is 10.9 Å². The summed E-state index contributed by atoms with van der Waals surface area (Å²) in [6.07, 6.45) is 0.248. The van der Waals surface area contributed by atoms with E-state index in [9.17, 15) is 13.6 Å². The minimum atomic E-state index is -0.568. The van der Waals surface area contributed by atoms with Crippen LogP contribution in [-0.4, -0.2) is 27.5 Å². The van der Waals surface area contributed by atoms with Crippen molar-refractivity contribution in [1.29, 1.82) is 0 Å². The van der Waals surface area contributed by atoms with Gasteiger partial charge in [-0.1, -0.05) is 28.9 Å². The summed E-state index contributed by atoms with van der Waals surface area (Å²) in [5, 5.41) is 3.89. The summed E-state index contributed by atoms with van der Waals surface area (Å²) in [4.78, 5) is 18.3. The van der Waals surface area contributed by atoms with Crippen molar-refractivity contribution in [2.75, 3.05) is 6.54 Å². The van der Waals surface area contributed by atoms with Crippen LogP contribution in [0.5, 0.6) is 0 Å². The van der Waals surface area contributed by atoms with E-state index in [1.165, 1.54) is 24.3 Å². The Morgan fingerprint density at radius 1 is 1.19 bits per heavy atom. The molecule has 0 N–H and O–H groups in total. The highest BCUT2D eigenvalue weighted by atomic mass is 35.5. The van der Waals surface area contributed by atoms with Crippen LogP contribution in [-0.2, 0) is 11.3 Å². The number of halogens is 3. The topological polar surface area (TPSA) is 59.2 Å². The zero-order valence-corrected chi connectivity index (χ0v) is 14.8. The minimum absolute atomic E-state index is 0.0142. The van der Waals surface area contributed by atoms with Gasteiger partial charge in [-0.05, 0) is 35.9 Å². The van der Waals surface area contributed by atoms with Crippen LogP contribution in [0.25, 0.3) is 11.4 Å². The van der Waals surface area contributed by atoms with Crippen molar-refractivity contribution < 1.29 is 18.1 Å². The van der Waals surface area contributed by atoms with Gasteiger partial charge >= 0.3 is 0 Å². The summed E-state index contributed by atoms with van der Waals surface area (Å²) < 4.78 is 31.9. The zero-order valence-electron chi connectivity index (χ0n) is 14.0. The Bertz CT molecular complexity index is 991. The molecule has 3 aromatic rings. The molecule has 0 bridgehead atoms. The maximum Gasteiger partial charge on any atom is 0.232 e. The molecule has 1 unspecified atom stereocenters. The molecule has 1 aliphatic rings. The zero-order chi connectivity index (χ0) is 19.0. The second kappa shape index (κ2) is 7.08. The third-order valence-electron chi connectivity index (χ3n) is 4.47. The molecule has 1 fully saturated rings. The summed E-state index contributed by atoms with van der Waals surface area (Å²) in [5.74, 6) is -0.596. The molecule has 27 heavy (non-hydrogen) atoms. The largest absolute Gasteiger partial charge is 0.339 e. The average molecular weight is 390 g/mol. The quantitative estimate of drug-likeness (QED) is 0.671. The van der Waals surface area contributed by atoms with Gasteiger partial charge in [-0.25, -0.2) is 8.78 Å². The SMILES string of the molecule is O=C1CC(c2nc(-c3ccc(Cl)c(F)c3)no2)CN1Cc1ccc(F)cc1. The molecule has 0 saturated carbocycles. The highest BCUT2D eigenvalue weighted by Crippen LogP contribution is 2.30. The molecule has 2 aromatic carbocycles. The second-order valence-corrected chi connectivity index (χ2v) is 6.79. The smallest absolute Gasteiger partial charge is 0.232 e. The summed E-state index contributed by atoms with van der Waals surface area (Å²) >= 11 is 5.68. The number of nitrogens with zero attached hydrogens (tertiary/aromatic N) is 3. The van der Waals surface area contributed by atoms with E-state index in [0.717, 1.165) is 5.56 Å². The minimum Gasteiger partial charge on any atom is -0.339 e. The molecule has 1 atom stereocenters. The predicted octanol–water partition coefficient (Wildman–Crippen LogP) is 4.18. The Kier molecular flexibility index (Phi) is 4.61. The van der Waals surface area contributed by atoms with E-state index in [4.69, 9.17) is 16.1 Å². The summed E-state index contributed by atoms with van der Waals surface area (Å²) in [5.41, 5.74) is 1.28. The average Bonchev–Trinajstić information content (AvgIpc) is 3.27. The highest BCUT2D eigenvalue weighted by molar-refractivity contribution is 6.30. The van der Waals surface area contributed by atoms with Gasteiger partial charge < -0.3 is 9.42 Å². The van der Waals surface area contributed by atoms with Crippen LogP contribution >= 0.6 is 11.6 Å². The standard InChI is InChI=1S/C19H14ClF2N3O2/c20-15-6-3-12(7-16(15)22)18-23-19(27-24-18)13-8-17(26)25(10-13)9-11-1-4-14(21)5-2-11/h1-7,13H,8-10H2. The molecule has 2 heterocycles. The maximum absolute atomic E-state index is 13.6. The van der Waals surface area contributed by atoms with Crippen molar-refractivity contribution in [1.82, 2.24) is 15.0 Å². The predicted molar refractivity (Wildman–Crippen MR) is 93.9 cm³/mol. The number of carbonyl (C=O) groups excluding carboxylic acids is 1. The molecule has 1 aromatic heterocycles. The molecule has 138 valence electrons. The van der Waals surface area contributed by atoms with Gasteiger partial charge in [0.15, 0.2) is 0 Å². The highest BCUT2D eigenvalue weighted by Gasteiger charge is 2.34. The molecular formula is C19H14ClF2N3O2. The number of benzene rings is 2. The van der Waals surface area contributed by atoms with Gasteiger partial charge in [0.2, 0.25) is 17.6 Å². The van der Waals surface area contributed by atoms with E-state index >= 15 is 0 Å². The van der Waals surface area contributed by atoms with Gasteiger partial charge in [-0.15, -0.1) is 0 Å². The first-order valence-electron chi connectivity index (χ1n) is 8.31. The Labute approximate surface area is 158 Å². The van der Waals surface area contributed by atoms with Crippen LogP contribution < -0.4 is 0 Å². The fourth-order valence-corrected chi connectivity index (χ4v) is 3.17. The van der Waals surface area contributed by atoms with Crippen LogP contribution in [0.4, 0.5) is 8.78 Å². The van der Waals surface area contributed by atoms with Crippen molar-refractivity contribution in [2.45, 2.75) is 18.9 Å². The Morgan fingerprint density at radius 3 is 2.70 bits per heavy atom. The number of likely N-dealkylation sites (tertiary alicyclic amines) is 1. The van der Waals surface area contributed by atoms with E-state index < -0.39 is 5.82 Å². The Morgan fingerprint density at radius 2 is 1.96 bits per heavy atom. The Balaban J connectivity index is 1.48. The number of amides is 1. The lowest BCUT2D eigenvalue weighted by Crippen LogP contribution is -2.24. The van der Waals surface area contributed by atoms with Gasteiger partial charge in [0, 0.05) is 25.1 Å². The number of rotatable bonds is 4. The number of hydrogen-bond donors (Lipinski definition) is 0. The molecular weight excluding hydrogens is 376 g/mol. The van der Waals surface area contributed by atoms with Crippen LogP contribution in [0.1, 0.15) is 23.8 Å². The lowest BCUT2D eigenvalue weighted by molar-refractivity contribution is -0.128. The maximum atomic E-state index is 13.6. The number of carbonyl (C=O) groups is 1. The fourth-order valence-electron chi connectivity index (χ4n) is 3.05. The molecule has 8 heteroatoms. The van der Waals surface area contributed by atoms with Crippen molar-refractivity contribution in [3.05, 3.63) is 70.6 Å². The summed E-state index contributed by atoms with van der Waals surface area (Å²) in [6.45, 7) is 0.811. The van der Waals surface area contributed by atoms with E-state index in [2.05, 4.69) is 10.1 Å². The molecule has 5 nitrogen and oxygen atoms in total. The van der Waals surface area contributed by atoms with Gasteiger partial charge in [-0.3, -0.25) is 4.79 Å². The van der Waals surface area contributed by atoms with E-state index in [1.807, 2.05) is 0 Å². The van der Waals surface area contributed by atoms with Crippen molar-refractivity contribution >= 4 is 17.5 Å². The van der Waals surface area contributed by atoms with Crippen molar-refractivity contribution in [2.24, 2.45) is 0 Å². The monoisotopic (exact) mass is 389 g/mol.